The number of hydrogen-bond donors (Lipinski definition) is 1. The molecular formula is C12H11NO4. The first-order valence-electron chi connectivity index (χ1n) is 5.29. The van der Waals surface area contributed by atoms with E-state index in [2.05, 4.69) is 0 Å². The van der Waals surface area contributed by atoms with Crippen molar-refractivity contribution >= 4 is 17.2 Å². The Labute approximate surface area is 97.5 Å². The van der Waals surface area contributed by atoms with E-state index in [1.54, 1.807) is 6.07 Å². The van der Waals surface area contributed by atoms with Gasteiger partial charge in [0, 0.05) is 18.2 Å². The molecule has 0 saturated carbocycles. The van der Waals surface area contributed by atoms with Gasteiger partial charge in [-0.3, -0.25) is 10.1 Å². The fourth-order valence-corrected chi connectivity index (χ4v) is 2.10. The third-order valence-electron chi connectivity index (χ3n) is 2.84. The van der Waals surface area contributed by atoms with Crippen LogP contribution in [0.15, 0.2) is 24.3 Å². The molecule has 1 aliphatic carbocycles. The van der Waals surface area contributed by atoms with E-state index in [4.69, 9.17) is 5.11 Å². The summed E-state index contributed by atoms with van der Waals surface area (Å²) in [4.78, 5) is 20.9. The molecule has 5 nitrogen and oxygen atoms in total. The van der Waals surface area contributed by atoms with Crippen molar-refractivity contribution in [3.8, 4) is 0 Å². The van der Waals surface area contributed by atoms with Gasteiger partial charge in [0.1, 0.15) is 0 Å². The zero-order valence-corrected chi connectivity index (χ0v) is 9.05. The lowest BCUT2D eigenvalue weighted by Crippen LogP contribution is -2.04. The molecule has 0 fully saturated rings. The number of nitrogens with zero attached hydrogens (tertiary/aromatic N) is 1. The van der Waals surface area contributed by atoms with Crippen molar-refractivity contribution < 1.29 is 14.8 Å². The molecule has 0 unspecified atom stereocenters. The summed E-state index contributed by atoms with van der Waals surface area (Å²) in [5, 5.41) is 19.4. The number of non-ortho nitro benzene ring substituents is 1. The van der Waals surface area contributed by atoms with Gasteiger partial charge in [0.2, 0.25) is 0 Å². The van der Waals surface area contributed by atoms with Crippen molar-refractivity contribution in [3.63, 3.8) is 0 Å². The number of benzene rings is 1. The Morgan fingerprint density at radius 2 is 2.18 bits per heavy atom. The molecule has 1 aliphatic rings. The molecule has 17 heavy (non-hydrogen) atoms. The summed E-state index contributed by atoms with van der Waals surface area (Å²) < 4.78 is 0. The summed E-state index contributed by atoms with van der Waals surface area (Å²) >= 11 is 0. The van der Waals surface area contributed by atoms with Crippen molar-refractivity contribution in [2.24, 2.45) is 0 Å². The van der Waals surface area contributed by atoms with Gasteiger partial charge in [-0.05, 0) is 36.0 Å². The van der Waals surface area contributed by atoms with Crippen LogP contribution < -0.4 is 0 Å². The minimum absolute atomic E-state index is 0.00180. The number of carboxylic acid groups (broad SMARTS) is 1. The monoisotopic (exact) mass is 233 g/mol. The number of nitro benzene ring substituents is 1. The maximum Gasteiger partial charge on any atom is 0.328 e. The summed E-state index contributed by atoms with van der Waals surface area (Å²) in [5.74, 6) is -1.01. The molecule has 0 bridgehead atoms. The molecular weight excluding hydrogens is 222 g/mol. The van der Waals surface area contributed by atoms with Crippen LogP contribution in [-0.4, -0.2) is 16.0 Å². The number of hydrogen-bond acceptors (Lipinski definition) is 3. The van der Waals surface area contributed by atoms with Gasteiger partial charge in [-0.2, -0.15) is 0 Å². The average Bonchev–Trinajstić information content (AvgIpc) is 2.28. The molecule has 88 valence electrons. The highest BCUT2D eigenvalue weighted by molar-refractivity contribution is 5.91. The third kappa shape index (κ3) is 2.33. The highest BCUT2D eigenvalue weighted by Crippen LogP contribution is 2.33. The summed E-state index contributed by atoms with van der Waals surface area (Å²) in [6.45, 7) is 0. The van der Waals surface area contributed by atoms with Gasteiger partial charge in [0.05, 0.1) is 4.92 Å². The third-order valence-corrected chi connectivity index (χ3v) is 2.84. The largest absolute Gasteiger partial charge is 0.478 e. The van der Waals surface area contributed by atoms with Gasteiger partial charge < -0.3 is 5.11 Å². The first-order chi connectivity index (χ1) is 8.08. The van der Waals surface area contributed by atoms with Gasteiger partial charge in [-0.25, -0.2) is 4.79 Å². The van der Waals surface area contributed by atoms with Gasteiger partial charge >= 0.3 is 5.97 Å². The maximum absolute atomic E-state index is 10.7. The molecule has 0 radical (unpaired) electrons. The lowest BCUT2D eigenvalue weighted by molar-refractivity contribution is -0.384. The fourth-order valence-electron chi connectivity index (χ4n) is 2.10. The minimum Gasteiger partial charge on any atom is -0.478 e. The molecule has 0 spiro atoms. The van der Waals surface area contributed by atoms with E-state index < -0.39 is 10.9 Å². The SMILES string of the molecule is O=C(O)C=C1CCCc2ccc([N+](=O)[O-])cc21. The topological polar surface area (TPSA) is 80.4 Å². The lowest BCUT2D eigenvalue weighted by atomic mass is 9.87. The number of aryl methyl sites for hydroxylation is 1. The summed E-state index contributed by atoms with van der Waals surface area (Å²) in [5.41, 5.74) is 2.35. The van der Waals surface area contributed by atoms with E-state index >= 15 is 0 Å². The smallest absolute Gasteiger partial charge is 0.328 e. The van der Waals surface area contributed by atoms with Crippen LogP contribution in [0.1, 0.15) is 24.0 Å². The van der Waals surface area contributed by atoms with Gasteiger partial charge in [-0.1, -0.05) is 6.07 Å². The van der Waals surface area contributed by atoms with Crippen molar-refractivity contribution in [1.29, 1.82) is 0 Å². The van der Waals surface area contributed by atoms with E-state index in [1.165, 1.54) is 12.1 Å². The second-order valence-electron chi connectivity index (χ2n) is 3.96. The first kappa shape index (κ1) is 11.3. The van der Waals surface area contributed by atoms with E-state index in [0.29, 0.717) is 17.6 Å². The zero-order chi connectivity index (χ0) is 12.4. The molecule has 1 aromatic carbocycles. The average molecular weight is 233 g/mol. The van der Waals surface area contributed by atoms with Crippen molar-refractivity contribution in [1.82, 2.24) is 0 Å². The van der Waals surface area contributed by atoms with Crippen LogP contribution in [0.2, 0.25) is 0 Å². The van der Waals surface area contributed by atoms with Crippen LogP contribution in [-0.2, 0) is 11.2 Å². The predicted molar refractivity (Wildman–Crippen MR) is 61.6 cm³/mol. The van der Waals surface area contributed by atoms with Crippen molar-refractivity contribution in [2.45, 2.75) is 19.3 Å². The molecule has 2 rings (SSSR count). The predicted octanol–water partition coefficient (Wildman–Crippen LogP) is 2.40. The fraction of sp³-hybridized carbons (Fsp3) is 0.250. The Morgan fingerprint density at radius 1 is 1.41 bits per heavy atom. The number of fused-ring (bicyclic) bond motifs is 1. The molecule has 0 heterocycles. The van der Waals surface area contributed by atoms with Crippen LogP contribution in [0.4, 0.5) is 5.69 Å². The van der Waals surface area contributed by atoms with Crippen LogP contribution >= 0.6 is 0 Å². The first-order valence-corrected chi connectivity index (χ1v) is 5.29. The number of aliphatic carboxylic acids is 1. The Balaban J connectivity index is 2.52. The van der Waals surface area contributed by atoms with Crippen molar-refractivity contribution in [3.05, 3.63) is 45.5 Å². The maximum atomic E-state index is 10.7. The van der Waals surface area contributed by atoms with Gasteiger partial charge in [0.25, 0.3) is 5.69 Å². The van der Waals surface area contributed by atoms with E-state index in [1.807, 2.05) is 0 Å². The summed E-state index contributed by atoms with van der Waals surface area (Å²) in [7, 11) is 0. The van der Waals surface area contributed by atoms with E-state index in [9.17, 15) is 14.9 Å². The second kappa shape index (κ2) is 4.37. The zero-order valence-electron chi connectivity index (χ0n) is 9.05. The second-order valence-corrected chi connectivity index (χ2v) is 3.96. The number of rotatable bonds is 2. The Hall–Kier alpha value is -2.17. The van der Waals surface area contributed by atoms with Crippen LogP contribution in [0, 0.1) is 10.1 Å². The molecule has 0 aliphatic heterocycles. The van der Waals surface area contributed by atoms with E-state index in [0.717, 1.165) is 24.5 Å². The summed E-state index contributed by atoms with van der Waals surface area (Å²) in [6, 6.07) is 4.63. The van der Waals surface area contributed by atoms with Gasteiger partial charge in [0.15, 0.2) is 0 Å². The minimum atomic E-state index is -1.01. The quantitative estimate of drug-likeness (QED) is 0.483. The molecule has 5 heteroatoms. The molecule has 0 saturated heterocycles. The number of allylic oxidation sites excluding steroid dienone is 1. The molecule has 0 amide bonds. The van der Waals surface area contributed by atoms with E-state index in [-0.39, 0.29) is 5.69 Å². The molecule has 1 N–H and O–H groups in total. The molecule has 0 atom stereocenters. The standard InChI is InChI=1S/C12H11NO4/c14-12(15)6-9-3-1-2-8-4-5-10(13(16)17)7-11(8)9/h4-7H,1-3H2,(H,14,15). The number of carboxylic acids is 1. The van der Waals surface area contributed by atoms with Crippen LogP contribution in [0.3, 0.4) is 0 Å². The Morgan fingerprint density at radius 3 is 2.82 bits per heavy atom. The Kier molecular flexibility index (Phi) is 2.91. The number of carbonyl (C=O) groups is 1. The molecule has 0 aromatic heterocycles. The highest BCUT2D eigenvalue weighted by atomic mass is 16.6. The number of nitro groups is 1. The highest BCUT2D eigenvalue weighted by Gasteiger charge is 2.18. The van der Waals surface area contributed by atoms with Crippen LogP contribution in [0.5, 0.6) is 0 Å². The normalized spacial score (nSPS) is 16.6. The summed E-state index contributed by atoms with van der Waals surface area (Å²) in [6.07, 6.45) is 3.51. The van der Waals surface area contributed by atoms with Crippen LogP contribution in [0.25, 0.3) is 5.57 Å². The van der Waals surface area contributed by atoms with Gasteiger partial charge in [-0.15, -0.1) is 0 Å². The lowest BCUT2D eigenvalue weighted by Gasteiger charge is -2.18. The Bertz CT molecular complexity index is 519. The van der Waals surface area contributed by atoms with Crippen molar-refractivity contribution in [2.75, 3.05) is 0 Å². The molecule has 1 aromatic rings.